The van der Waals surface area contributed by atoms with Crippen molar-refractivity contribution in [1.29, 1.82) is 0 Å². The summed E-state index contributed by atoms with van der Waals surface area (Å²) in [5.74, 6) is 0.717. The van der Waals surface area contributed by atoms with Gasteiger partial charge in [0.25, 0.3) is 5.91 Å². The molecular formula is C38H39ClN2O5. The fraction of sp³-hybridized carbons (Fsp3) is 0.342. The number of methoxy groups -OCH3 is 1. The van der Waals surface area contributed by atoms with Crippen LogP contribution in [0.1, 0.15) is 78.1 Å². The van der Waals surface area contributed by atoms with Crippen molar-refractivity contribution in [3.05, 3.63) is 122 Å². The topological polar surface area (TPSA) is 88.9 Å². The lowest BCUT2D eigenvalue weighted by atomic mass is 9.79. The lowest BCUT2D eigenvalue weighted by Crippen LogP contribution is -2.36. The van der Waals surface area contributed by atoms with Crippen molar-refractivity contribution < 1.29 is 18.7 Å². The first-order chi connectivity index (χ1) is 22.4. The number of allylic oxidation sites excluding steroid dienone is 1. The predicted octanol–water partition coefficient (Wildman–Crippen LogP) is 7.59. The van der Waals surface area contributed by atoms with E-state index in [1.807, 2.05) is 29.2 Å². The Bertz CT molecular complexity index is 1800. The van der Waals surface area contributed by atoms with Crippen LogP contribution in [0.4, 0.5) is 0 Å². The number of piperidine rings is 1. The fourth-order valence-corrected chi connectivity index (χ4v) is 6.83. The molecule has 0 radical (unpaired) electrons. The number of hydrogen-bond acceptors (Lipinski definition) is 5. The van der Waals surface area contributed by atoms with Crippen molar-refractivity contribution in [2.24, 2.45) is 0 Å². The lowest BCUT2D eigenvalue weighted by molar-refractivity contribution is -0.133. The van der Waals surface area contributed by atoms with Crippen LogP contribution in [0.25, 0.3) is 11.0 Å². The molecule has 8 heteroatoms. The third-order valence-corrected chi connectivity index (χ3v) is 9.44. The summed E-state index contributed by atoms with van der Waals surface area (Å²) in [6.45, 7) is 1.52. The van der Waals surface area contributed by atoms with Gasteiger partial charge in [-0.05, 0) is 91.8 Å². The van der Waals surface area contributed by atoms with E-state index in [0.717, 1.165) is 50.6 Å². The van der Waals surface area contributed by atoms with E-state index in [4.69, 9.17) is 20.8 Å². The van der Waals surface area contributed by atoms with Crippen molar-refractivity contribution in [1.82, 2.24) is 10.2 Å². The van der Waals surface area contributed by atoms with Crippen molar-refractivity contribution in [2.75, 3.05) is 13.7 Å². The van der Waals surface area contributed by atoms with E-state index in [1.165, 1.54) is 29.9 Å². The van der Waals surface area contributed by atoms with Gasteiger partial charge in [-0.25, -0.2) is 0 Å². The molecule has 4 aromatic rings. The average molecular weight is 639 g/mol. The molecule has 2 fully saturated rings. The number of amides is 2. The molecule has 1 aromatic heterocycles. The third kappa shape index (κ3) is 7.53. The number of likely N-dealkylation sites (tertiary alicyclic amines) is 1. The molecule has 1 saturated carbocycles. The SMILES string of the molecule is COc1ccc2c(=O)cc(C(=O)N[C@@H](C=C3CCC(c4ccccc4CN4CCCCC4=O)CC3)Cc3ccc(Cl)cc3)oc2c1. The maximum atomic E-state index is 13.5. The third-order valence-electron chi connectivity index (χ3n) is 9.19. The molecule has 238 valence electrons. The molecule has 2 aliphatic rings. The second-order valence-corrected chi connectivity index (χ2v) is 12.8. The minimum atomic E-state index is -0.451. The highest BCUT2D eigenvalue weighted by molar-refractivity contribution is 6.30. The molecule has 1 N–H and O–H groups in total. The molecule has 2 heterocycles. The molecule has 1 saturated heterocycles. The largest absolute Gasteiger partial charge is 0.497 e. The fourth-order valence-electron chi connectivity index (χ4n) is 6.70. The van der Waals surface area contributed by atoms with Crippen LogP contribution in [-0.2, 0) is 17.8 Å². The number of ether oxygens (including phenoxy) is 1. The normalized spacial score (nSPS) is 17.5. The highest BCUT2D eigenvalue weighted by Gasteiger charge is 2.25. The summed E-state index contributed by atoms with van der Waals surface area (Å²) in [6.07, 6.45) is 9.27. The van der Waals surface area contributed by atoms with Gasteiger partial charge in [-0.15, -0.1) is 0 Å². The zero-order valence-corrected chi connectivity index (χ0v) is 26.9. The van der Waals surface area contributed by atoms with Crippen LogP contribution in [-0.4, -0.2) is 36.4 Å². The van der Waals surface area contributed by atoms with Crippen molar-refractivity contribution in [3.63, 3.8) is 0 Å². The molecule has 2 amide bonds. The Balaban J connectivity index is 1.19. The highest BCUT2D eigenvalue weighted by Crippen LogP contribution is 2.37. The van der Waals surface area contributed by atoms with E-state index in [1.54, 1.807) is 18.2 Å². The minimum Gasteiger partial charge on any atom is -0.497 e. The van der Waals surface area contributed by atoms with Crippen molar-refractivity contribution in [2.45, 2.75) is 69.9 Å². The Morgan fingerprint density at radius 2 is 1.80 bits per heavy atom. The molecule has 3 aromatic carbocycles. The average Bonchev–Trinajstić information content (AvgIpc) is 3.07. The van der Waals surface area contributed by atoms with Gasteiger partial charge in [-0.3, -0.25) is 14.4 Å². The molecule has 1 aliphatic carbocycles. The van der Waals surface area contributed by atoms with Crippen LogP contribution >= 0.6 is 11.6 Å². The molecule has 0 unspecified atom stereocenters. The Kier molecular flexibility index (Phi) is 9.88. The van der Waals surface area contributed by atoms with Gasteiger partial charge in [0.1, 0.15) is 11.3 Å². The number of nitrogens with one attached hydrogen (secondary N) is 1. The second-order valence-electron chi connectivity index (χ2n) is 12.3. The standard InChI is InChI=1S/C38H39ClN2O5/c1-45-31-17-18-33-34(42)23-36(46-35(33)22-31)38(44)40-30(21-26-11-15-29(39)16-12-26)20-25-9-13-27(14-10-25)32-7-3-2-6-28(32)24-41-19-5-4-8-37(41)43/h2-3,6-7,11-12,15-18,20,22-23,27,30H,4-5,8-10,13-14,19,21,24H2,1H3,(H,40,44)/t27?,30-/m0/s1. The molecule has 1 aliphatic heterocycles. The van der Waals surface area contributed by atoms with Crippen LogP contribution < -0.4 is 15.5 Å². The van der Waals surface area contributed by atoms with E-state index in [0.29, 0.717) is 47.0 Å². The Labute approximate surface area is 274 Å². The number of rotatable bonds is 9. The van der Waals surface area contributed by atoms with Gasteiger partial charge in [0, 0.05) is 36.7 Å². The maximum absolute atomic E-state index is 13.5. The number of carbonyl (C=O) groups excluding carboxylic acids is 2. The van der Waals surface area contributed by atoms with E-state index >= 15 is 0 Å². The monoisotopic (exact) mass is 638 g/mol. The van der Waals surface area contributed by atoms with Crippen LogP contribution in [0.15, 0.2) is 93.7 Å². The predicted molar refractivity (Wildman–Crippen MR) is 180 cm³/mol. The lowest BCUT2D eigenvalue weighted by Gasteiger charge is -2.31. The molecule has 0 spiro atoms. The van der Waals surface area contributed by atoms with Crippen molar-refractivity contribution >= 4 is 34.4 Å². The molecule has 1 atom stereocenters. The number of halogens is 1. The summed E-state index contributed by atoms with van der Waals surface area (Å²) in [7, 11) is 1.54. The van der Waals surface area contributed by atoms with E-state index in [2.05, 4.69) is 35.7 Å². The van der Waals surface area contributed by atoms with Gasteiger partial charge in [0.2, 0.25) is 5.91 Å². The van der Waals surface area contributed by atoms with Gasteiger partial charge in [0.05, 0.1) is 18.5 Å². The Morgan fingerprint density at radius 1 is 1.02 bits per heavy atom. The summed E-state index contributed by atoms with van der Waals surface area (Å²) in [6, 6.07) is 22.0. The smallest absolute Gasteiger partial charge is 0.287 e. The number of benzene rings is 3. The summed E-state index contributed by atoms with van der Waals surface area (Å²) in [4.78, 5) is 40.8. The number of fused-ring (bicyclic) bond motifs is 1. The summed E-state index contributed by atoms with van der Waals surface area (Å²) < 4.78 is 11.2. The Hall–Kier alpha value is -4.36. The van der Waals surface area contributed by atoms with E-state index < -0.39 is 5.91 Å². The number of carbonyl (C=O) groups is 2. The van der Waals surface area contributed by atoms with Crippen LogP contribution in [0, 0.1) is 0 Å². The van der Waals surface area contributed by atoms with Gasteiger partial charge in [-0.1, -0.05) is 59.6 Å². The molecule has 7 nitrogen and oxygen atoms in total. The minimum absolute atomic E-state index is 0.0437. The van der Waals surface area contributed by atoms with Gasteiger partial charge >= 0.3 is 0 Å². The molecule has 6 rings (SSSR count). The van der Waals surface area contributed by atoms with Crippen molar-refractivity contribution in [3.8, 4) is 5.75 Å². The maximum Gasteiger partial charge on any atom is 0.287 e. The molecule has 0 bridgehead atoms. The quantitative estimate of drug-likeness (QED) is 0.191. The zero-order valence-electron chi connectivity index (χ0n) is 26.1. The van der Waals surface area contributed by atoms with Crippen LogP contribution in [0.2, 0.25) is 5.02 Å². The summed E-state index contributed by atoms with van der Waals surface area (Å²) >= 11 is 6.14. The van der Waals surface area contributed by atoms with Gasteiger partial charge in [0.15, 0.2) is 11.2 Å². The first-order valence-electron chi connectivity index (χ1n) is 16.1. The van der Waals surface area contributed by atoms with Gasteiger partial charge in [-0.2, -0.15) is 0 Å². The second kappa shape index (κ2) is 14.4. The molecule has 46 heavy (non-hydrogen) atoms. The van der Waals surface area contributed by atoms with Gasteiger partial charge < -0.3 is 19.4 Å². The number of hydrogen-bond donors (Lipinski definition) is 1. The summed E-state index contributed by atoms with van der Waals surface area (Å²) in [5, 5.41) is 4.16. The highest BCUT2D eigenvalue weighted by atomic mass is 35.5. The van der Waals surface area contributed by atoms with E-state index in [-0.39, 0.29) is 23.1 Å². The first kappa shape index (κ1) is 31.6. The summed E-state index contributed by atoms with van der Waals surface area (Å²) in [5.41, 5.74) is 4.93. The molecular weight excluding hydrogens is 600 g/mol. The first-order valence-corrected chi connectivity index (χ1v) is 16.5. The Morgan fingerprint density at radius 3 is 2.57 bits per heavy atom. The van der Waals surface area contributed by atoms with Crippen LogP contribution in [0.5, 0.6) is 5.75 Å². The zero-order chi connectivity index (χ0) is 32.0. The van der Waals surface area contributed by atoms with Crippen LogP contribution in [0.3, 0.4) is 0 Å². The van der Waals surface area contributed by atoms with E-state index in [9.17, 15) is 14.4 Å². The number of nitrogens with zero attached hydrogens (tertiary/aromatic N) is 1.